The van der Waals surface area contributed by atoms with E-state index in [1.165, 1.54) is 7.11 Å². The van der Waals surface area contributed by atoms with Gasteiger partial charge in [-0.2, -0.15) is 0 Å². The first kappa shape index (κ1) is 15.9. The van der Waals surface area contributed by atoms with E-state index in [0.717, 1.165) is 0 Å². The van der Waals surface area contributed by atoms with Gasteiger partial charge in [0, 0.05) is 20.0 Å². The average Bonchev–Trinajstić information content (AvgIpc) is 3.08. The van der Waals surface area contributed by atoms with Gasteiger partial charge >= 0.3 is 11.9 Å². The van der Waals surface area contributed by atoms with Crippen LogP contribution >= 0.6 is 0 Å². The zero-order chi connectivity index (χ0) is 16.4. The van der Waals surface area contributed by atoms with Crippen LogP contribution in [0.3, 0.4) is 0 Å². The summed E-state index contributed by atoms with van der Waals surface area (Å²) in [6, 6.07) is 8.51. The number of methoxy groups -OCH3 is 1. The SMILES string of the molecule is CO[C@@H]1O[C@H](COC(=O)c2ccccc2)C(O)C12CCC(=O)O2. The van der Waals surface area contributed by atoms with E-state index < -0.39 is 36.0 Å². The van der Waals surface area contributed by atoms with Gasteiger partial charge in [0.1, 0.15) is 18.8 Å². The second kappa shape index (κ2) is 6.27. The van der Waals surface area contributed by atoms with Crippen LogP contribution in [0.2, 0.25) is 0 Å². The van der Waals surface area contributed by atoms with Gasteiger partial charge in [-0.3, -0.25) is 4.79 Å². The Balaban J connectivity index is 1.65. The molecule has 1 aromatic carbocycles. The molecule has 2 fully saturated rings. The van der Waals surface area contributed by atoms with Crippen LogP contribution in [0.4, 0.5) is 0 Å². The lowest BCUT2D eigenvalue weighted by Gasteiger charge is -2.29. The Labute approximate surface area is 133 Å². The third-order valence-corrected chi connectivity index (χ3v) is 4.18. The quantitative estimate of drug-likeness (QED) is 0.814. The molecule has 0 saturated carbocycles. The summed E-state index contributed by atoms with van der Waals surface area (Å²) >= 11 is 0. The van der Waals surface area contributed by atoms with Crippen molar-refractivity contribution in [2.45, 2.75) is 36.9 Å². The lowest BCUT2D eigenvalue weighted by atomic mass is 9.92. The van der Waals surface area contributed by atoms with E-state index in [1.54, 1.807) is 30.3 Å². The topological polar surface area (TPSA) is 91.3 Å². The Kier molecular flexibility index (Phi) is 4.34. The zero-order valence-corrected chi connectivity index (χ0v) is 12.6. The fourth-order valence-electron chi connectivity index (χ4n) is 2.99. The Bertz CT molecular complexity index is 587. The number of carbonyl (C=O) groups excluding carboxylic acids is 2. The molecular formula is C16H18O7. The molecule has 2 aliphatic rings. The maximum atomic E-state index is 11.9. The van der Waals surface area contributed by atoms with E-state index >= 15 is 0 Å². The van der Waals surface area contributed by atoms with Crippen molar-refractivity contribution in [3.8, 4) is 0 Å². The van der Waals surface area contributed by atoms with E-state index in [0.29, 0.717) is 12.0 Å². The van der Waals surface area contributed by atoms with Crippen LogP contribution in [-0.2, 0) is 23.7 Å². The van der Waals surface area contributed by atoms with Crippen LogP contribution in [0.1, 0.15) is 23.2 Å². The molecule has 0 radical (unpaired) electrons. The number of ether oxygens (including phenoxy) is 4. The Morgan fingerprint density at radius 2 is 2.13 bits per heavy atom. The van der Waals surface area contributed by atoms with E-state index in [4.69, 9.17) is 18.9 Å². The van der Waals surface area contributed by atoms with Gasteiger partial charge in [0.25, 0.3) is 0 Å². The predicted molar refractivity (Wildman–Crippen MR) is 76.5 cm³/mol. The summed E-state index contributed by atoms with van der Waals surface area (Å²) in [5.74, 6) is -0.920. The van der Waals surface area contributed by atoms with Gasteiger partial charge in [0.15, 0.2) is 5.60 Å². The summed E-state index contributed by atoms with van der Waals surface area (Å²) in [5, 5.41) is 10.5. The summed E-state index contributed by atoms with van der Waals surface area (Å²) in [4.78, 5) is 23.4. The molecule has 1 spiro atoms. The standard InChI is InChI=1S/C16H18O7/c1-20-15-16(8-7-12(17)23-16)13(18)11(22-15)9-21-14(19)10-5-3-2-4-6-10/h2-6,11,13,15,18H,7-9H2,1H3/t11-,13?,15-,16?/m1/s1. The summed E-state index contributed by atoms with van der Waals surface area (Å²) in [6.07, 6.45) is -2.34. The van der Waals surface area contributed by atoms with Crippen LogP contribution in [0, 0.1) is 0 Å². The van der Waals surface area contributed by atoms with Crippen molar-refractivity contribution in [2.75, 3.05) is 13.7 Å². The molecule has 23 heavy (non-hydrogen) atoms. The molecule has 0 amide bonds. The van der Waals surface area contributed by atoms with Crippen molar-refractivity contribution < 1.29 is 33.6 Å². The van der Waals surface area contributed by atoms with Crippen molar-refractivity contribution in [3.05, 3.63) is 35.9 Å². The van der Waals surface area contributed by atoms with Crippen LogP contribution in [0.15, 0.2) is 30.3 Å². The van der Waals surface area contributed by atoms with Crippen LogP contribution < -0.4 is 0 Å². The third kappa shape index (κ3) is 2.83. The van der Waals surface area contributed by atoms with Gasteiger partial charge < -0.3 is 24.1 Å². The number of esters is 2. The zero-order valence-electron chi connectivity index (χ0n) is 12.6. The van der Waals surface area contributed by atoms with Gasteiger partial charge in [-0.15, -0.1) is 0 Å². The highest BCUT2D eigenvalue weighted by molar-refractivity contribution is 5.89. The lowest BCUT2D eigenvalue weighted by Crippen LogP contribution is -2.49. The van der Waals surface area contributed by atoms with Gasteiger partial charge in [0.2, 0.25) is 6.29 Å². The highest BCUT2D eigenvalue weighted by atomic mass is 16.7. The maximum absolute atomic E-state index is 11.9. The molecule has 2 unspecified atom stereocenters. The number of hydrogen-bond donors (Lipinski definition) is 1. The van der Waals surface area contributed by atoms with Gasteiger partial charge in [0.05, 0.1) is 5.56 Å². The maximum Gasteiger partial charge on any atom is 0.338 e. The number of carbonyl (C=O) groups is 2. The first-order valence-electron chi connectivity index (χ1n) is 7.37. The largest absolute Gasteiger partial charge is 0.459 e. The van der Waals surface area contributed by atoms with Gasteiger partial charge in [-0.1, -0.05) is 18.2 Å². The minimum Gasteiger partial charge on any atom is -0.459 e. The fourth-order valence-corrected chi connectivity index (χ4v) is 2.99. The number of aliphatic hydroxyl groups is 1. The molecular weight excluding hydrogens is 304 g/mol. The van der Waals surface area contributed by atoms with E-state index in [-0.39, 0.29) is 13.0 Å². The van der Waals surface area contributed by atoms with Crippen LogP contribution in [0.25, 0.3) is 0 Å². The third-order valence-electron chi connectivity index (χ3n) is 4.18. The Morgan fingerprint density at radius 1 is 1.39 bits per heavy atom. The molecule has 0 bridgehead atoms. The minimum atomic E-state index is -1.23. The number of hydrogen-bond acceptors (Lipinski definition) is 7. The summed E-state index contributed by atoms with van der Waals surface area (Å²) < 4.78 is 21.2. The molecule has 7 heteroatoms. The first-order valence-corrected chi connectivity index (χ1v) is 7.37. The van der Waals surface area contributed by atoms with Crippen molar-refractivity contribution in [1.29, 1.82) is 0 Å². The van der Waals surface area contributed by atoms with Gasteiger partial charge in [-0.25, -0.2) is 4.79 Å². The first-order chi connectivity index (χ1) is 11.1. The molecule has 4 atom stereocenters. The smallest absolute Gasteiger partial charge is 0.338 e. The lowest BCUT2D eigenvalue weighted by molar-refractivity contribution is -0.202. The molecule has 2 heterocycles. The van der Waals surface area contributed by atoms with Crippen LogP contribution in [-0.4, -0.2) is 54.9 Å². The molecule has 1 N–H and O–H groups in total. The van der Waals surface area contributed by atoms with E-state index in [1.807, 2.05) is 0 Å². The number of rotatable bonds is 4. The molecule has 2 aliphatic heterocycles. The monoisotopic (exact) mass is 322 g/mol. The van der Waals surface area contributed by atoms with E-state index in [2.05, 4.69) is 0 Å². The number of aliphatic hydroxyl groups excluding tert-OH is 1. The second-order valence-corrected chi connectivity index (χ2v) is 5.58. The predicted octanol–water partition coefficient (Wildman–Crippen LogP) is 0.651. The highest BCUT2D eigenvalue weighted by Gasteiger charge is 2.62. The minimum absolute atomic E-state index is 0.159. The van der Waals surface area contributed by atoms with E-state index in [9.17, 15) is 14.7 Å². The highest BCUT2D eigenvalue weighted by Crippen LogP contribution is 2.42. The fraction of sp³-hybridized carbons (Fsp3) is 0.500. The molecule has 3 rings (SSSR count). The summed E-state index contributed by atoms with van der Waals surface area (Å²) in [6.45, 7) is -0.159. The molecule has 0 aliphatic carbocycles. The molecule has 7 nitrogen and oxygen atoms in total. The Hall–Kier alpha value is -1.96. The molecule has 2 saturated heterocycles. The number of benzene rings is 1. The Morgan fingerprint density at radius 3 is 2.74 bits per heavy atom. The second-order valence-electron chi connectivity index (χ2n) is 5.58. The van der Waals surface area contributed by atoms with Crippen molar-refractivity contribution in [1.82, 2.24) is 0 Å². The van der Waals surface area contributed by atoms with Crippen molar-refractivity contribution in [3.63, 3.8) is 0 Å². The van der Waals surface area contributed by atoms with Gasteiger partial charge in [-0.05, 0) is 12.1 Å². The normalized spacial score (nSPS) is 33.0. The average molecular weight is 322 g/mol. The summed E-state index contributed by atoms with van der Waals surface area (Å²) in [7, 11) is 1.41. The van der Waals surface area contributed by atoms with Crippen molar-refractivity contribution >= 4 is 11.9 Å². The summed E-state index contributed by atoms with van der Waals surface area (Å²) in [5.41, 5.74) is -0.819. The molecule has 0 aromatic heterocycles. The molecule has 1 aromatic rings. The molecule has 124 valence electrons. The van der Waals surface area contributed by atoms with Crippen LogP contribution in [0.5, 0.6) is 0 Å². The van der Waals surface area contributed by atoms with Crippen molar-refractivity contribution in [2.24, 2.45) is 0 Å².